The van der Waals surface area contributed by atoms with Crippen molar-refractivity contribution in [1.29, 1.82) is 0 Å². The molecule has 0 saturated carbocycles. The molecule has 2 saturated heterocycles. The van der Waals surface area contributed by atoms with E-state index in [4.69, 9.17) is 8.83 Å². The van der Waals surface area contributed by atoms with E-state index in [1.54, 1.807) is 30.3 Å². The Balaban J connectivity index is 0.858. The van der Waals surface area contributed by atoms with E-state index in [1.807, 2.05) is 72.1 Å². The molecule has 69 heavy (non-hydrogen) atoms. The highest BCUT2D eigenvalue weighted by Gasteiger charge is 2.24. The van der Waals surface area contributed by atoms with Gasteiger partial charge in [-0.15, -0.1) is 0 Å². The molecule has 2 aromatic heterocycles. The van der Waals surface area contributed by atoms with Gasteiger partial charge in [-0.3, -0.25) is 19.2 Å². The fourth-order valence-electron chi connectivity index (χ4n) is 8.65. The number of benzene rings is 4. The molecule has 0 atom stereocenters. The van der Waals surface area contributed by atoms with E-state index in [0.29, 0.717) is 60.8 Å². The van der Waals surface area contributed by atoms with Gasteiger partial charge in [-0.1, -0.05) is 6.07 Å². The molecule has 0 bridgehead atoms. The Morgan fingerprint density at radius 2 is 1.13 bits per heavy atom. The molecule has 8 rings (SSSR count). The number of hydrogen-bond donors (Lipinski definition) is 2. The summed E-state index contributed by atoms with van der Waals surface area (Å²) in [5, 5.41) is 6.09. The lowest BCUT2D eigenvalue weighted by molar-refractivity contribution is 0.0990. The quantitative estimate of drug-likeness (QED) is 0.128. The van der Waals surface area contributed by atoms with Crippen molar-refractivity contribution in [3.05, 3.63) is 129 Å². The standard InChI is InChI=1S/C50H58FN9O8S/c1-6-57(38-16-12-36(13-17-38)53-50(64)46-33-44(62)40-30-34(51)31-42(48(40)68-46)59-25-20-55(3)21-26-59)27-29-60(69(5,65)66)28-22-56(4)37-14-10-35(11-15-37)52-49(63)45-32-43(61)39-8-7-9-41(47(39)67-45)58-23-18-54(2)19-24-58/h7-17,30-33H,6,18-29H2,1-5H3,(H,52,63)(H,53,64). The number of anilines is 6. The number of carbonyl (C=O) groups is 2. The maximum absolute atomic E-state index is 14.6. The molecular weight excluding hydrogens is 906 g/mol. The first-order valence-corrected chi connectivity index (χ1v) is 24.8. The normalized spacial score (nSPS) is 14.9. The Hall–Kier alpha value is -6.80. The predicted molar refractivity (Wildman–Crippen MR) is 271 cm³/mol. The van der Waals surface area contributed by atoms with E-state index >= 15 is 0 Å². The molecule has 0 spiro atoms. The molecule has 0 radical (unpaired) electrons. The van der Waals surface area contributed by atoms with Crippen molar-refractivity contribution in [1.82, 2.24) is 14.1 Å². The van der Waals surface area contributed by atoms with Gasteiger partial charge in [0.15, 0.2) is 33.5 Å². The van der Waals surface area contributed by atoms with Crippen LogP contribution in [0.15, 0.2) is 109 Å². The number of sulfonamides is 1. The van der Waals surface area contributed by atoms with Crippen molar-refractivity contribution in [2.75, 3.05) is 143 Å². The van der Waals surface area contributed by atoms with Crippen LogP contribution in [0.3, 0.4) is 0 Å². The van der Waals surface area contributed by atoms with E-state index in [2.05, 4.69) is 32.4 Å². The van der Waals surface area contributed by atoms with E-state index in [9.17, 15) is 32.0 Å². The Bertz CT molecular complexity index is 3060. The lowest BCUT2D eigenvalue weighted by Gasteiger charge is -2.34. The summed E-state index contributed by atoms with van der Waals surface area (Å²) in [6, 6.07) is 24.3. The Morgan fingerprint density at radius 3 is 1.67 bits per heavy atom. The Morgan fingerprint density at radius 1 is 0.638 bits per heavy atom. The van der Waals surface area contributed by atoms with Gasteiger partial charge in [0.25, 0.3) is 11.8 Å². The summed E-state index contributed by atoms with van der Waals surface area (Å²) in [5.74, 6) is -2.05. The minimum absolute atomic E-state index is 0.0627. The second-order valence-corrected chi connectivity index (χ2v) is 19.6. The topological polar surface area (TPSA) is 175 Å². The molecule has 2 N–H and O–H groups in total. The van der Waals surface area contributed by atoms with Crippen molar-refractivity contribution in [2.24, 2.45) is 0 Å². The summed E-state index contributed by atoms with van der Waals surface area (Å²) in [7, 11) is 2.34. The first kappa shape index (κ1) is 48.6. The van der Waals surface area contributed by atoms with Gasteiger partial charge in [0.2, 0.25) is 10.0 Å². The average Bonchev–Trinajstić information content (AvgIpc) is 3.33. The van der Waals surface area contributed by atoms with E-state index in [-0.39, 0.29) is 41.0 Å². The van der Waals surface area contributed by atoms with Crippen molar-refractivity contribution >= 4 is 77.9 Å². The van der Waals surface area contributed by atoms with Gasteiger partial charge < -0.3 is 48.9 Å². The zero-order valence-electron chi connectivity index (χ0n) is 39.5. The van der Waals surface area contributed by atoms with Gasteiger partial charge in [0, 0.05) is 133 Å². The fraction of sp³-hybridized carbons (Fsp3) is 0.360. The van der Waals surface area contributed by atoms with Crippen LogP contribution in [-0.2, 0) is 10.0 Å². The number of fused-ring (bicyclic) bond motifs is 2. The maximum atomic E-state index is 14.6. The first-order chi connectivity index (χ1) is 33.0. The fourth-order valence-corrected chi connectivity index (χ4v) is 9.47. The minimum atomic E-state index is -3.59. The van der Waals surface area contributed by atoms with Crippen molar-refractivity contribution in [3.8, 4) is 0 Å². The Kier molecular flexibility index (Phi) is 14.7. The maximum Gasteiger partial charge on any atom is 0.291 e. The smallest absolute Gasteiger partial charge is 0.291 e. The van der Waals surface area contributed by atoms with Crippen LogP contribution >= 0.6 is 0 Å². The highest BCUT2D eigenvalue weighted by molar-refractivity contribution is 7.88. The van der Waals surface area contributed by atoms with Crippen molar-refractivity contribution in [3.63, 3.8) is 0 Å². The number of likely N-dealkylation sites (N-methyl/N-ethyl adjacent to an activating group) is 4. The van der Waals surface area contributed by atoms with Gasteiger partial charge in [-0.05, 0) is 87.7 Å². The lowest BCUT2D eigenvalue weighted by Crippen LogP contribution is -2.44. The van der Waals surface area contributed by atoms with E-state index < -0.39 is 33.1 Å². The molecule has 2 aliphatic rings. The minimum Gasteiger partial charge on any atom is -0.448 e. The summed E-state index contributed by atoms with van der Waals surface area (Å²) >= 11 is 0. The van der Waals surface area contributed by atoms with Crippen LogP contribution in [0, 0.1) is 5.82 Å². The monoisotopic (exact) mass is 963 g/mol. The largest absolute Gasteiger partial charge is 0.448 e. The molecule has 2 aliphatic heterocycles. The molecule has 0 unspecified atom stereocenters. The summed E-state index contributed by atoms with van der Waals surface area (Å²) in [5.41, 5.74) is 3.47. The molecule has 0 aliphatic carbocycles. The number of nitrogens with zero attached hydrogens (tertiary/aromatic N) is 7. The van der Waals surface area contributed by atoms with Crippen LogP contribution in [0.2, 0.25) is 0 Å². The highest BCUT2D eigenvalue weighted by Crippen LogP contribution is 2.30. The molecular formula is C50H58FN9O8S. The number of carbonyl (C=O) groups excluding carboxylic acids is 2. The molecule has 4 aromatic carbocycles. The van der Waals surface area contributed by atoms with Crippen molar-refractivity contribution in [2.45, 2.75) is 6.92 Å². The molecule has 6 aromatic rings. The number of halogens is 1. The SMILES string of the molecule is CCN(CCN(CCN(C)c1ccc(NC(=O)c2cc(=O)c3cccc(N4CCN(C)CC4)c3o2)cc1)S(C)(=O)=O)c1ccc(NC(=O)c2cc(=O)c3cc(F)cc(N4CCN(C)CC4)c3o2)cc1. The summed E-state index contributed by atoms with van der Waals surface area (Å²) in [6.45, 7) is 9.74. The van der Waals surface area contributed by atoms with Crippen LogP contribution < -0.4 is 41.1 Å². The summed E-state index contributed by atoms with van der Waals surface area (Å²) in [4.78, 5) is 65.5. The summed E-state index contributed by atoms with van der Waals surface area (Å²) in [6.07, 6.45) is 1.19. The van der Waals surface area contributed by atoms with Crippen LogP contribution in [0.25, 0.3) is 21.9 Å². The number of para-hydroxylation sites is 1. The number of rotatable bonds is 16. The van der Waals surface area contributed by atoms with Gasteiger partial charge in [0.1, 0.15) is 5.82 Å². The second kappa shape index (κ2) is 20.8. The molecule has 2 fully saturated rings. The van der Waals surface area contributed by atoms with E-state index in [0.717, 1.165) is 68.5 Å². The molecule has 4 heterocycles. The van der Waals surface area contributed by atoms with Gasteiger partial charge >= 0.3 is 0 Å². The number of piperazine rings is 2. The van der Waals surface area contributed by atoms with Gasteiger partial charge in [0.05, 0.1) is 28.4 Å². The molecule has 19 heteroatoms. The zero-order chi connectivity index (χ0) is 49.0. The van der Waals surface area contributed by atoms with Crippen LogP contribution in [0.1, 0.15) is 28.0 Å². The van der Waals surface area contributed by atoms with Gasteiger partial charge in [-0.2, -0.15) is 4.31 Å². The highest BCUT2D eigenvalue weighted by atomic mass is 32.2. The predicted octanol–water partition coefficient (Wildman–Crippen LogP) is 5.27. The van der Waals surface area contributed by atoms with Crippen LogP contribution in [-0.4, -0.2) is 147 Å². The molecule has 364 valence electrons. The number of hydrogen-bond acceptors (Lipinski definition) is 14. The summed E-state index contributed by atoms with van der Waals surface area (Å²) < 4.78 is 54.2. The van der Waals surface area contributed by atoms with E-state index in [1.165, 1.54) is 22.7 Å². The molecule has 2 amide bonds. The third kappa shape index (κ3) is 11.4. The first-order valence-electron chi connectivity index (χ1n) is 23.0. The third-order valence-corrected chi connectivity index (χ3v) is 14.2. The average molecular weight is 964 g/mol. The van der Waals surface area contributed by atoms with Crippen LogP contribution in [0.4, 0.5) is 38.5 Å². The number of amides is 2. The second-order valence-electron chi connectivity index (χ2n) is 17.7. The van der Waals surface area contributed by atoms with Crippen LogP contribution in [0.5, 0.6) is 0 Å². The Labute approximate surface area is 400 Å². The van der Waals surface area contributed by atoms with Gasteiger partial charge in [-0.25, -0.2) is 12.8 Å². The lowest BCUT2D eigenvalue weighted by atomic mass is 10.1. The third-order valence-electron chi connectivity index (χ3n) is 12.9. The molecule has 17 nitrogen and oxygen atoms in total. The number of nitrogens with one attached hydrogen (secondary N) is 2. The zero-order valence-corrected chi connectivity index (χ0v) is 40.4. The van der Waals surface area contributed by atoms with Crippen molar-refractivity contribution < 1.29 is 31.2 Å².